The van der Waals surface area contributed by atoms with E-state index in [1.165, 1.54) is 22.4 Å². The molecule has 1 aliphatic rings. The Kier molecular flexibility index (Phi) is 3.05. The van der Waals surface area contributed by atoms with Crippen LogP contribution in [-0.2, 0) is 6.42 Å². The number of aromatic nitrogens is 2. The van der Waals surface area contributed by atoms with E-state index < -0.39 is 0 Å². The molecule has 1 aliphatic heterocycles. The summed E-state index contributed by atoms with van der Waals surface area (Å²) in [5.74, 6) is 1.16. The van der Waals surface area contributed by atoms with E-state index >= 15 is 0 Å². The summed E-state index contributed by atoms with van der Waals surface area (Å²) in [4.78, 5) is 0. The molecule has 1 aromatic heterocycles. The molecule has 2 aromatic rings. The zero-order valence-corrected chi connectivity index (χ0v) is 11.9. The first-order valence-electron chi connectivity index (χ1n) is 7.08. The van der Waals surface area contributed by atoms with Gasteiger partial charge in [-0.3, -0.25) is 0 Å². The van der Waals surface area contributed by atoms with Crippen LogP contribution in [0.15, 0.2) is 24.3 Å². The van der Waals surface area contributed by atoms with Crippen LogP contribution in [0.3, 0.4) is 0 Å². The molecule has 1 N–H and O–H groups in total. The van der Waals surface area contributed by atoms with Gasteiger partial charge in [-0.15, -0.1) is 0 Å². The Morgan fingerprint density at radius 1 is 1.32 bits per heavy atom. The maximum Gasteiger partial charge on any atom is 0.125 e. The summed E-state index contributed by atoms with van der Waals surface area (Å²) in [5.41, 5.74) is 5.26. The zero-order chi connectivity index (χ0) is 13.4. The quantitative estimate of drug-likeness (QED) is 0.890. The van der Waals surface area contributed by atoms with Crippen molar-refractivity contribution in [1.29, 1.82) is 0 Å². The minimum Gasteiger partial charge on any atom is -0.370 e. The van der Waals surface area contributed by atoms with Crippen molar-refractivity contribution in [3.05, 3.63) is 46.6 Å². The Balaban J connectivity index is 2.05. The monoisotopic (exact) mass is 255 g/mol. The molecule has 0 radical (unpaired) electrons. The van der Waals surface area contributed by atoms with Gasteiger partial charge in [0.15, 0.2) is 0 Å². The molecule has 0 bridgehead atoms. The lowest BCUT2D eigenvalue weighted by molar-refractivity contribution is 0.476. The SMILES string of the molecule is CCc1cc2n(n1)C(c1ccc(C)cc1C)CCN2. The average molecular weight is 255 g/mol. The molecule has 0 aliphatic carbocycles. The highest BCUT2D eigenvalue weighted by atomic mass is 15.4. The van der Waals surface area contributed by atoms with Gasteiger partial charge in [-0.05, 0) is 37.8 Å². The van der Waals surface area contributed by atoms with Gasteiger partial charge in [-0.25, -0.2) is 4.68 Å². The van der Waals surface area contributed by atoms with E-state index in [1.807, 2.05) is 0 Å². The summed E-state index contributed by atoms with van der Waals surface area (Å²) >= 11 is 0. The lowest BCUT2D eigenvalue weighted by Gasteiger charge is -2.27. The van der Waals surface area contributed by atoms with Crippen LogP contribution in [0, 0.1) is 13.8 Å². The highest BCUT2D eigenvalue weighted by Gasteiger charge is 2.23. The Morgan fingerprint density at radius 2 is 2.16 bits per heavy atom. The molecule has 0 saturated heterocycles. The number of hydrogen-bond donors (Lipinski definition) is 1. The van der Waals surface area contributed by atoms with Crippen LogP contribution in [0.4, 0.5) is 5.82 Å². The summed E-state index contributed by atoms with van der Waals surface area (Å²) in [6.45, 7) is 7.52. The average Bonchev–Trinajstić information content (AvgIpc) is 2.82. The number of aryl methyl sites for hydroxylation is 3. The maximum absolute atomic E-state index is 4.74. The normalized spacial score (nSPS) is 17.9. The minimum absolute atomic E-state index is 0.372. The third kappa shape index (κ3) is 2.14. The van der Waals surface area contributed by atoms with E-state index in [0.717, 1.165) is 25.2 Å². The second kappa shape index (κ2) is 4.72. The van der Waals surface area contributed by atoms with Gasteiger partial charge in [0, 0.05) is 12.6 Å². The summed E-state index contributed by atoms with van der Waals surface area (Å²) in [5, 5.41) is 8.19. The molecule has 3 heteroatoms. The van der Waals surface area contributed by atoms with Gasteiger partial charge in [0.1, 0.15) is 5.82 Å². The van der Waals surface area contributed by atoms with E-state index in [2.05, 4.69) is 55.0 Å². The zero-order valence-electron chi connectivity index (χ0n) is 11.9. The van der Waals surface area contributed by atoms with Crippen molar-refractivity contribution in [1.82, 2.24) is 9.78 Å². The van der Waals surface area contributed by atoms with Crippen LogP contribution in [0.5, 0.6) is 0 Å². The van der Waals surface area contributed by atoms with Gasteiger partial charge in [0.25, 0.3) is 0 Å². The molecule has 1 unspecified atom stereocenters. The Labute approximate surface area is 114 Å². The topological polar surface area (TPSA) is 29.9 Å². The third-order valence-corrected chi connectivity index (χ3v) is 3.95. The highest BCUT2D eigenvalue weighted by molar-refractivity contribution is 5.43. The number of hydrogen-bond acceptors (Lipinski definition) is 2. The molecular weight excluding hydrogens is 234 g/mol. The number of rotatable bonds is 2. The van der Waals surface area contributed by atoms with Crippen LogP contribution in [-0.4, -0.2) is 16.3 Å². The minimum atomic E-state index is 0.372. The largest absolute Gasteiger partial charge is 0.370 e. The van der Waals surface area contributed by atoms with E-state index in [4.69, 9.17) is 5.10 Å². The van der Waals surface area contributed by atoms with Crippen LogP contribution in [0.2, 0.25) is 0 Å². The van der Waals surface area contributed by atoms with Crippen molar-refractivity contribution in [2.24, 2.45) is 0 Å². The van der Waals surface area contributed by atoms with Crippen molar-refractivity contribution in [2.75, 3.05) is 11.9 Å². The summed E-state index contributed by atoms with van der Waals surface area (Å²) in [7, 11) is 0. The van der Waals surface area contributed by atoms with Crippen molar-refractivity contribution >= 4 is 5.82 Å². The summed E-state index contributed by atoms with van der Waals surface area (Å²) < 4.78 is 2.17. The molecule has 0 spiro atoms. The van der Waals surface area contributed by atoms with Crippen LogP contribution in [0.1, 0.15) is 41.8 Å². The fraction of sp³-hybridized carbons (Fsp3) is 0.438. The number of nitrogens with one attached hydrogen (secondary N) is 1. The fourth-order valence-corrected chi connectivity index (χ4v) is 2.93. The van der Waals surface area contributed by atoms with Gasteiger partial charge in [-0.2, -0.15) is 5.10 Å². The van der Waals surface area contributed by atoms with Gasteiger partial charge in [0.2, 0.25) is 0 Å². The first-order valence-corrected chi connectivity index (χ1v) is 7.08. The van der Waals surface area contributed by atoms with E-state index in [0.29, 0.717) is 6.04 Å². The molecule has 1 aromatic carbocycles. The Bertz CT molecular complexity index is 598. The number of fused-ring (bicyclic) bond motifs is 1. The predicted molar refractivity (Wildman–Crippen MR) is 78.8 cm³/mol. The number of benzene rings is 1. The molecule has 3 nitrogen and oxygen atoms in total. The van der Waals surface area contributed by atoms with Crippen molar-refractivity contribution in [2.45, 2.75) is 39.7 Å². The van der Waals surface area contributed by atoms with Gasteiger partial charge in [-0.1, -0.05) is 30.7 Å². The second-order valence-corrected chi connectivity index (χ2v) is 5.41. The molecular formula is C16H21N3. The first kappa shape index (κ1) is 12.3. The van der Waals surface area contributed by atoms with Crippen LogP contribution >= 0.6 is 0 Å². The lowest BCUT2D eigenvalue weighted by atomic mass is 9.96. The van der Waals surface area contributed by atoms with Crippen molar-refractivity contribution in [3.63, 3.8) is 0 Å². The van der Waals surface area contributed by atoms with Crippen LogP contribution < -0.4 is 5.32 Å². The first-order chi connectivity index (χ1) is 9.19. The molecule has 100 valence electrons. The molecule has 0 amide bonds. The van der Waals surface area contributed by atoms with E-state index in [-0.39, 0.29) is 0 Å². The maximum atomic E-state index is 4.74. The summed E-state index contributed by atoms with van der Waals surface area (Å²) in [6, 6.07) is 9.28. The summed E-state index contributed by atoms with van der Waals surface area (Å²) in [6.07, 6.45) is 2.09. The van der Waals surface area contributed by atoms with E-state index in [9.17, 15) is 0 Å². The lowest BCUT2D eigenvalue weighted by Crippen LogP contribution is -2.24. The van der Waals surface area contributed by atoms with Crippen molar-refractivity contribution in [3.8, 4) is 0 Å². The van der Waals surface area contributed by atoms with Crippen LogP contribution in [0.25, 0.3) is 0 Å². The fourth-order valence-electron chi connectivity index (χ4n) is 2.93. The standard InChI is InChI=1S/C16H21N3/c1-4-13-10-16-17-8-7-15(19(16)18-13)14-6-5-11(2)9-12(14)3/h5-6,9-10,15,17H,4,7-8H2,1-3H3. The smallest absolute Gasteiger partial charge is 0.125 e. The molecule has 3 rings (SSSR count). The molecule has 1 atom stereocenters. The van der Waals surface area contributed by atoms with Gasteiger partial charge < -0.3 is 5.32 Å². The second-order valence-electron chi connectivity index (χ2n) is 5.41. The molecule has 19 heavy (non-hydrogen) atoms. The van der Waals surface area contributed by atoms with Crippen molar-refractivity contribution < 1.29 is 0 Å². The highest BCUT2D eigenvalue weighted by Crippen LogP contribution is 2.31. The number of anilines is 1. The molecule has 0 fully saturated rings. The van der Waals surface area contributed by atoms with E-state index in [1.54, 1.807) is 0 Å². The molecule has 2 heterocycles. The predicted octanol–water partition coefficient (Wildman–Crippen LogP) is 3.47. The Morgan fingerprint density at radius 3 is 2.89 bits per heavy atom. The Hall–Kier alpha value is -1.77. The van der Waals surface area contributed by atoms with Gasteiger partial charge in [0.05, 0.1) is 11.7 Å². The van der Waals surface area contributed by atoms with Gasteiger partial charge >= 0.3 is 0 Å². The molecule has 0 saturated carbocycles. The number of nitrogens with zero attached hydrogens (tertiary/aromatic N) is 2. The third-order valence-electron chi connectivity index (χ3n) is 3.95.